The summed E-state index contributed by atoms with van der Waals surface area (Å²) in [5.41, 5.74) is 0.896. The first-order chi connectivity index (χ1) is 6.88. The minimum atomic E-state index is -3.87. The van der Waals surface area contributed by atoms with E-state index in [1.807, 2.05) is 0 Å². The van der Waals surface area contributed by atoms with Crippen molar-refractivity contribution in [2.45, 2.75) is 12.8 Å². The van der Waals surface area contributed by atoms with Gasteiger partial charge in [0.15, 0.2) is 0 Å². The number of rotatable bonds is 4. The summed E-state index contributed by atoms with van der Waals surface area (Å²) < 4.78 is 29.4. The number of aryl methyl sites for hydroxylation is 1. The van der Waals surface area contributed by atoms with Crippen LogP contribution in [-0.4, -0.2) is 18.7 Å². The van der Waals surface area contributed by atoms with Crippen molar-refractivity contribution in [3.05, 3.63) is 33.8 Å². The Morgan fingerprint density at radius 3 is 2.40 bits per heavy atom. The molecule has 0 atom stereocenters. The largest absolute Gasteiger partial charge is 0.286 e. The Hall–Kier alpha value is -0.290. The van der Waals surface area contributed by atoms with Crippen LogP contribution in [0.4, 0.5) is 0 Å². The lowest BCUT2D eigenvalue weighted by Crippen LogP contribution is -2.04. The highest BCUT2D eigenvalue weighted by atomic mass is 35.5. The number of halogens is 2. The van der Waals surface area contributed by atoms with Gasteiger partial charge in [0, 0.05) is 0 Å². The van der Waals surface area contributed by atoms with Gasteiger partial charge in [0.25, 0.3) is 10.1 Å². The van der Waals surface area contributed by atoms with E-state index in [4.69, 9.17) is 27.8 Å². The molecule has 84 valence electrons. The third-order valence-corrected chi connectivity index (χ3v) is 3.40. The van der Waals surface area contributed by atoms with Crippen LogP contribution in [0.1, 0.15) is 12.0 Å². The molecule has 0 bridgehead atoms. The molecule has 0 saturated heterocycles. The molecule has 15 heavy (non-hydrogen) atoms. The minimum Gasteiger partial charge on any atom is -0.286 e. The van der Waals surface area contributed by atoms with Gasteiger partial charge in [0.1, 0.15) is 0 Å². The Morgan fingerprint density at radius 1 is 1.20 bits per heavy atom. The van der Waals surface area contributed by atoms with Crippen LogP contribution in [0, 0.1) is 0 Å². The number of hydrogen-bond acceptors (Lipinski definition) is 2. The molecule has 0 aliphatic heterocycles. The van der Waals surface area contributed by atoms with Gasteiger partial charge >= 0.3 is 0 Å². The topological polar surface area (TPSA) is 54.4 Å². The van der Waals surface area contributed by atoms with E-state index < -0.39 is 10.1 Å². The van der Waals surface area contributed by atoms with E-state index in [-0.39, 0.29) is 5.75 Å². The summed E-state index contributed by atoms with van der Waals surface area (Å²) in [6, 6.07) is 5.12. The predicted molar refractivity (Wildman–Crippen MR) is 61.2 cm³/mol. The van der Waals surface area contributed by atoms with Crippen LogP contribution in [0.5, 0.6) is 0 Å². The zero-order valence-corrected chi connectivity index (χ0v) is 10.1. The fourth-order valence-corrected chi connectivity index (χ4v) is 1.98. The van der Waals surface area contributed by atoms with Gasteiger partial charge in [-0.3, -0.25) is 4.55 Å². The maximum absolute atomic E-state index is 10.5. The summed E-state index contributed by atoms with van der Waals surface area (Å²) in [6.45, 7) is 0. The molecule has 0 aromatic heterocycles. The van der Waals surface area contributed by atoms with E-state index in [2.05, 4.69) is 0 Å². The molecule has 3 nitrogen and oxygen atoms in total. The van der Waals surface area contributed by atoms with Crippen molar-refractivity contribution in [3.63, 3.8) is 0 Å². The lowest BCUT2D eigenvalue weighted by molar-refractivity contribution is 0.481. The average Bonchev–Trinajstić information content (AvgIpc) is 2.09. The molecule has 6 heteroatoms. The third kappa shape index (κ3) is 4.84. The Balaban J connectivity index is 2.55. The lowest BCUT2D eigenvalue weighted by Gasteiger charge is -2.02. The molecule has 0 amide bonds. The summed E-state index contributed by atoms with van der Waals surface area (Å²) in [5.74, 6) is -0.243. The average molecular weight is 269 g/mol. The molecule has 1 N–H and O–H groups in total. The molecular formula is C9H10Cl2O3S. The van der Waals surface area contributed by atoms with Crippen LogP contribution < -0.4 is 0 Å². The van der Waals surface area contributed by atoms with Crippen LogP contribution >= 0.6 is 23.2 Å². The van der Waals surface area contributed by atoms with Gasteiger partial charge in [-0.25, -0.2) is 0 Å². The molecule has 0 aliphatic carbocycles. The minimum absolute atomic E-state index is 0.243. The first kappa shape index (κ1) is 12.8. The normalized spacial score (nSPS) is 11.7. The first-order valence-electron chi connectivity index (χ1n) is 4.27. The zero-order chi connectivity index (χ0) is 11.5. The molecule has 0 unspecified atom stereocenters. The summed E-state index contributed by atoms with van der Waals surface area (Å²) in [7, 11) is -3.87. The van der Waals surface area contributed by atoms with Gasteiger partial charge in [-0.15, -0.1) is 0 Å². The highest BCUT2D eigenvalue weighted by molar-refractivity contribution is 7.85. The maximum atomic E-state index is 10.5. The molecule has 0 aliphatic rings. The Morgan fingerprint density at radius 2 is 1.87 bits per heavy atom. The van der Waals surface area contributed by atoms with E-state index in [1.54, 1.807) is 18.2 Å². The maximum Gasteiger partial charge on any atom is 0.264 e. The smallest absolute Gasteiger partial charge is 0.264 e. The van der Waals surface area contributed by atoms with Crippen LogP contribution in [0.15, 0.2) is 18.2 Å². The van der Waals surface area contributed by atoms with E-state index in [9.17, 15) is 8.42 Å². The highest BCUT2D eigenvalue weighted by Crippen LogP contribution is 2.23. The van der Waals surface area contributed by atoms with Crippen molar-refractivity contribution < 1.29 is 13.0 Å². The number of benzene rings is 1. The van der Waals surface area contributed by atoms with Crippen molar-refractivity contribution in [1.29, 1.82) is 0 Å². The fourth-order valence-electron chi connectivity index (χ4n) is 1.15. The van der Waals surface area contributed by atoms with Crippen molar-refractivity contribution in [3.8, 4) is 0 Å². The van der Waals surface area contributed by atoms with E-state index in [0.717, 1.165) is 5.56 Å². The Labute approximate surface area is 98.8 Å². The highest BCUT2D eigenvalue weighted by Gasteiger charge is 2.05. The van der Waals surface area contributed by atoms with E-state index in [0.29, 0.717) is 22.9 Å². The monoisotopic (exact) mass is 268 g/mol. The first-order valence-corrected chi connectivity index (χ1v) is 6.64. The quantitative estimate of drug-likeness (QED) is 0.855. The van der Waals surface area contributed by atoms with Gasteiger partial charge in [-0.05, 0) is 30.5 Å². The molecular weight excluding hydrogens is 259 g/mol. The summed E-state index contributed by atoms with van der Waals surface area (Å²) in [6.07, 6.45) is 0.896. The second kappa shape index (κ2) is 5.16. The summed E-state index contributed by atoms with van der Waals surface area (Å²) in [4.78, 5) is 0. The van der Waals surface area contributed by atoms with Crippen LogP contribution in [-0.2, 0) is 16.5 Å². The molecule has 0 saturated carbocycles. The predicted octanol–water partition coefficient (Wildman–Crippen LogP) is 2.81. The molecule has 1 aromatic carbocycles. The van der Waals surface area contributed by atoms with Gasteiger partial charge in [0.2, 0.25) is 0 Å². The van der Waals surface area contributed by atoms with E-state index >= 15 is 0 Å². The van der Waals surface area contributed by atoms with Gasteiger partial charge < -0.3 is 0 Å². The zero-order valence-electron chi connectivity index (χ0n) is 7.78. The van der Waals surface area contributed by atoms with Crippen molar-refractivity contribution in [2.24, 2.45) is 0 Å². The molecule has 0 spiro atoms. The van der Waals surface area contributed by atoms with Crippen LogP contribution in [0.3, 0.4) is 0 Å². The summed E-state index contributed by atoms with van der Waals surface area (Å²) >= 11 is 11.5. The second-order valence-corrected chi connectivity index (χ2v) is 5.52. The molecule has 0 heterocycles. The van der Waals surface area contributed by atoms with Crippen LogP contribution in [0.2, 0.25) is 10.0 Å². The second-order valence-electron chi connectivity index (χ2n) is 3.14. The molecule has 1 rings (SSSR count). The standard InChI is InChI=1S/C9H10Cl2O3S/c10-8-4-3-7(6-9(8)11)2-1-5-15(12,13)14/h3-4,6H,1-2,5H2,(H,12,13,14). The van der Waals surface area contributed by atoms with Gasteiger partial charge in [0.05, 0.1) is 15.8 Å². The van der Waals surface area contributed by atoms with Crippen molar-refractivity contribution >= 4 is 33.3 Å². The fraction of sp³-hybridized carbons (Fsp3) is 0.333. The Bertz CT molecular complexity index is 443. The number of hydrogen-bond donors (Lipinski definition) is 1. The molecule has 0 radical (unpaired) electrons. The van der Waals surface area contributed by atoms with Gasteiger partial charge in [-0.2, -0.15) is 8.42 Å². The summed E-state index contributed by atoms with van der Waals surface area (Å²) in [5, 5.41) is 0.913. The van der Waals surface area contributed by atoms with E-state index in [1.165, 1.54) is 0 Å². The molecule has 1 aromatic rings. The SMILES string of the molecule is O=S(=O)(O)CCCc1ccc(Cl)c(Cl)c1. The van der Waals surface area contributed by atoms with Crippen molar-refractivity contribution in [1.82, 2.24) is 0 Å². The van der Waals surface area contributed by atoms with Gasteiger partial charge in [-0.1, -0.05) is 29.3 Å². The van der Waals surface area contributed by atoms with Crippen molar-refractivity contribution in [2.75, 3.05) is 5.75 Å². The third-order valence-electron chi connectivity index (χ3n) is 1.85. The Kier molecular flexibility index (Phi) is 4.40. The molecule has 0 fully saturated rings. The van der Waals surface area contributed by atoms with Crippen LogP contribution in [0.25, 0.3) is 0 Å². The lowest BCUT2D eigenvalue weighted by atomic mass is 10.1.